The number of morpholine rings is 1. The molecule has 3 atom stereocenters. The maximum atomic E-state index is 10.6. The lowest BCUT2D eigenvalue weighted by atomic mass is 10.0. The lowest BCUT2D eigenvalue weighted by Gasteiger charge is -2.37. The Morgan fingerprint density at radius 1 is 1.19 bits per heavy atom. The lowest BCUT2D eigenvalue weighted by molar-refractivity contribution is -0.103. The quantitative estimate of drug-likeness (QED) is 0.922. The summed E-state index contributed by atoms with van der Waals surface area (Å²) in [5.74, 6) is 0.901. The fourth-order valence-corrected chi connectivity index (χ4v) is 3.37. The minimum absolute atomic E-state index is 0.116. The third-order valence-corrected chi connectivity index (χ3v) is 4.82. The van der Waals surface area contributed by atoms with E-state index in [0.717, 1.165) is 43.9 Å². The minimum Gasteiger partial charge on any atom is -0.490 e. The van der Waals surface area contributed by atoms with Crippen LogP contribution in [-0.2, 0) is 4.74 Å². The maximum Gasteiger partial charge on any atom is 0.119 e. The van der Waals surface area contributed by atoms with Crippen LogP contribution in [0.5, 0.6) is 5.75 Å². The largest absolute Gasteiger partial charge is 0.490 e. The molecule has 21 heavy (non-hydrogen) atoms. The second kappa shape index (κ2) is 5.59. The van der Waals surface area contributed by atoms with Gasteiger partial charge in [0.05, 0.1) is 12.7 Å². The third-order valence-electron chi connectivity index (χ3n) is 4.82. The summed E-state index contributed by atoms with van der Waals surface area (Å²) in [5, 5.41) is 10.6. The normalized spacial score (nSPS) is 30.9. The van der Waals surface area contributed by atoms with Crippen molar-refractivity contribution < 1.29 is 14.6 Å². The molecular weight excluding hydrogens is 266 g/mol. The first-order valence-corrected chi connectivity index (χ1v) is 8.10. The van der Waals surface area contributed by atoms with Crippen LogP contribution < -0.4 is 4.74 Å². The van der Waals surface area contributed by atoms with Gasteiger partial charge in [-0.3, -0.25) is 4.90 Å². The molecular formula is C17H23NO3. The van der Waals surface area contributed by atoms with Crippen LogP contribution in [0, 0.1) is 0 Å². The van der Waals surface area contributed by atoms with E-state index in [4.69, 9.17) is 9.47 Å². The highest BCUT2D eigenvalue weighted by atomic mass is 16.5. The summed E-state index contributed by atoms with van der Waals surface area (Å²) < 4.78 is 11.6. The van der Waals surface area contributed by atoms with E-state index in [1.165, 1.54) is 12.8 Å². The molecule has 1 aliphatic carbocycles. The van der Waals surface area contributed by atoms with Crippen LogP contribution in [-0.4, -0.2) is 48.0 Å². The summed E-state index contributed by atoms with van der Waals surface area (Å²) in [4.78, 5) is 2.46. The summed E-state index contributed by atoms with van der Waals surface area (Å²) in [6, 6.07) is 8.41. The van der Waals surface area contributed by atoms with Crippen molar-refractivity contribution in [3.8, 4) is 5.75 Å². The standard InChI is InChI=1S/C17H23NO3/c19-17(16-10-18-9-1-2-13(18)11-20-16)12-3-5-14(6-4-12)21-15-7-8-15/h3-6,13,15-17,19H,1-2,7-11H2. The van der Waals surface area contributed by atoms with E-state index in [0.29, 0.717) is 12.1 Å². The Labute approximate surface area is 125 Å². The van der Waals surface area contributed by atoms with Gasteiger partial charge in [-0.25, -0.2) is 0 Å². The first-order chi connectivity index (χ1) is 10.3. The van der Waals surface area contributed by atoms with Gasteiger partial charge in [-0.2, -0.15) is 0 Å². The molecule has 1 aromatic carbocycles. The first-order valence-electron chi connectivity index (χ1n) is 8.10. The van der Waals surface area contributed by atoms with Crippen LogP contribution in [0.4, 0.5) is 0 Å². The van der Waals surface area contributed by atoms with Gasteiger partial charge in [0.2, 0.25) is 0 Å². The molecule has 0 aromatic heterocycles. The Kier molecular flexibility index (Phi) is 3.61. The van der Waals surface area contributed by atoms with Crippen molar-refractivity contribution in [3.05, 3.63) is 29.8 Å². The summed E-state index contributed by atoms with van der Waals surface area (Å²) in [5.41, 5.74) is 0.917. The van der Waals surface area contributed by atoms with Crippen molar-refractivity contribution in [1.29, 1.82) is 0 Å². The van der Waals surface area contributed by atoms with Gasteiger partial charge >= 0.3 is 0 Å². The number of benzene rings is 1. The predicted octanol–water partition coefficient (Wildman–Crippen LogP) is 2.12. The zero-order valence-electron chi connectivity index (χ0n) is 12.3. The van der Waals surface area contributed by atoms with Crippen molar-refractivity contribution in [1.82, 2.24) is 4.90 Å². The molecule has 0 bridgehead atoms. The summed E-state index contributed by atoms with van der Waals surface area (Å²) in [6.45, 7) is 2.74. The Morgan fingerprint density at radius 2 is 2.00 bits per heavy atom. The fraction of sp³-hybridized carbons (Fsp3) is 0.647. The van der Waals surface area contributed by atoms with Crippen LogP contribution in [0.25, 0.3) is 0 Å². The molecule has 2 heterocycles. The molecule has 4 heteroatoms. The molecule has 1 N–H and O–H groups in total. The van der Waals surface area contributed by atoms with Crippen LogP contribution in [0.1, 0.15) is 37.4 Å². The van der Waals surface area contributed by atoms with Gasteiger partial charge < -0.3 is 14.6 Å². The van der Waals surface area contributed by atoms with Crippen molar-refractivity contribution >= 4 is 0 Å². The van der Waals surface area contributed by atoms with E-state index < -0.39 is 6.10 Å². The van der Waals surface area contributed by atoms with Gasteiger partial charge in [-0.05, 0) is 49.9 Å². The third kappa shape index (κ3) is 2.93. The van der Waals surface area contributed by atoms with Crippen molar-refractivity contribution in [2.45, 2.75) is 50.0 Å². The molecule has 2 saturated heterocycles. The molecule has 3 unspecified atom stereocenters. The van der Waals surface area contributed by atoms with Gasteiger partial charge in [-0.15, -0.1) is 0 Å². The SMILES string of the molecule is OC(c1ccc(OC2CC2)cc1)C1CN2CCCC2CO1. The molecule has 0 amide bonds. The van der Waals surface area contributed by atoms with Gasteiger partial charge in [0.25, 0.3) is 0 Å². The molecule has 114 valence electrons. The van der Waals surface area contributed by atoms with Gasteiger partial charge in [0.1, 0.15) is 18.0 Å². The number of aliphatic hydroxyl groups is 1. The summed E-state index contributed by atoms with van der Waals surface area (Å²) in [6.07, 6.45) is 4.56. The fourth-order valence-electron chi connectivity index (χ4n) is 3.37. The van der Waals surface area contributed by atoms with Gasteiger partial charge in [0, 0.05) is 12.6 Å². The van der Waals surface area contributed by atoms with E-state index >= 15 is 0 Å². The van der Waals surface area contributed by atoms with E-state index in [2.05, 4.69) is 4.90 Å². The van der Waals surface area contributed by atoms with Crippen LogP contribution in [0.2, 0.25) is 0 Å². The van der Waals surface area contributed by atoms with Crippen LogP contribution in [0.15, 0.2) is 24.3 Å². The topological polar surface area (TPSA) is 41.9 Å². The van der Waals surface area contributed by atoms with E-state index in [-0.39, 0.29) is 6.10 Å². The summed E-state index contributed by atoms with van der Waals surface area (Å²) >= 11 is 0. The van der Waals surface area contributed by atoms with E-state index in [1.807, 2.05) is 24.3 Å². The number of fused-ring (bicyclic) bond motifs is 1. The molecule has 0 radical (unpaired) electrons. The molecule has 1 saturated carbocycles. The number of ether oxygens (including phenoxy) is 2. The smallest absolute Gasteiger partial charge is 0.119 e. The molecule has 3 fully saturated rings. The zero-order chi connectivity index (χ0) is 14.2. The predicted molar refractivity (Wildman–Crippen MR) is 79.4 cm³/mol. The van der Waals surface area contributed by atoms with Crippen LogP contribution in [0.3, 0.4) is 0 Å². The summed E-state index contributed by atoms with van der Waals surface area (Å²) in [7, 11) is 0. The first kappa shape index (κ1) is 13.6. The molecule has 4 rings (SSSR count). The molecule has 1 aromatic rings. The van der Waals surface area contributed by atoms with Gasteiger partial charge in [-0.1, -0.05) is 12.1 Å². The van der Waals surface area contributed by atoms with Crippen molar-refractivity contribution in [3.63, 3.8) is 0 Å². The second-order valence-corrected chi connectivity index (χ2v) is 6.49. The highest BCUT2D eigenvalue weighted by molar-refractivity contribution is 5.29. The lowest BCUT2D eigenvalue weighted by Crippen LogP contribution is -2.48. The van der Waals surface area contributed by atoms with Crippen molar-refractivity contribution in [2.24, 2.45) is 0 Å². The molecule has 0 spiro atoms. The zero-order valence-corrected chi connectivity index (χ0v) is 12.3. The number of aliphatic hydroxyl groups excluding tert-OH is 1. The maximum absolute atomic E-state index is 10.6. The minimum atomic E-state index is -0.554. The second-order valence-electron chi connectivity index (χ2n) is 6.49. The number of hydrogen-bond donors (Lipinski definition) is 1. The Balaban J connectivity index is 1.40. The number of rotatable bonds is 4. The number of nitrogens with zero attached hydrogens (tertiary/aromatic N) is 1. The van der Waals surface area contributed by atoms with Gasteiger partial charge in [0.15, 0.2) is 0 Å². The average Bonchev–Trinajstić information content (AvgIpc) is 3.21. The van der Waals surface area contributed by atoms with E-state index in [9.17, 15) is 5.11 Å². The Morgan fingerprint density at radius 3 is 2.76 bits per heavy atom. The highest BCUT2D eigenvalue weighted by Gasteiger charge is 2.35. The van der Waals surface area contributed by atoms with Crippen molar-refractivity contribution in [2.75, 3.05) is 19.7 Å². The van der Waals surface area contributed by atoms with Crippen LogP contribution >= 0.6 is 0 Å². The molecule has 4 nitrogen and oxygen atoms in total. The Bertz CT molecular complexity index is 485. The Hall–Kier alpha value is -1.10. The average molecular weight is 289 g/mol. The molecule has 3 aliphatic rings. The highest BCUT2D eigenvalue weighted by Crippen LogP contribution is 2.31. The monoisotopic (exact) mass is 289 g/mol. The molecule has 2 aliphatic heterocycles. The van der Waals surface area contributed by atoms with E-state index in [1.54, 1.807) is 0 Å². The number of hydrogen-bond acceptors (Lipinski definition) is 4.